The third kappa shape index (κ3) is 4.75. The Balaban J connectivity index is 2.48. The molecule has 0 aliphatic rings. The first-order chi connectivity index (χ1) is 8.29. The maximum Gasteiger partial charge on any atom is 0.411 e. The lowest BCUT2D eigenvalue weighted by Gasteiger charge is -2.11. The van der Waals surface area contributed by atoms with Crippen LogP contribution in [0.25, 0.3) is 0 Å². The summed E-state index contributed by atoms with van der Waals surface area (Å²) in [7, 11) is 0. The van der Waals surface area contributed by atoms with Crippen molar-refractivity contribution in [2.75, 3.05) is 18.5 Å². The van der Waals surface area contributed by atoms with Crippen LogP contribution < -0.4 is 5.32 Å². The SMILES string of the molecule is Cc1cccc(NC(=O)COCC(F)(F)F)c1C. The van der Waals surface area contributed by atoms with Gasteiger partial charge in [0.25, 0.3) is 0 Å². The molecule has 6 heteroatoms. The van der Waals surface area contributed by atoms with Crippen LogP contribution in [0.1, 0.15) is 11.1 Å². The molecule has 1 aromatic rings. The molecule has 0 heterocycles. The van der Waals surface area contributed by atoms with Crippen molar-refractivity contribution < 1.29 is 22.7 Å². The van der Waals surface area contributed by atoms with Crippen LogP contribution in [0.4, 0.5) is 18.9 Å². The van der Waals surface area contributed by atoms with E-state index in [2.05, 4.69) is 10.1 Å². The van der Waals surface area contributed by atoms with Crippen molar-refractivity contribution in [2.45, 2.75) is 20.0 Å². The van der Waals surface area contributed by atoms with E-state index < -0.39 is 25.3 Å². The molecule has 0 unspecified atom stereocenters. The smallest absolute Gasteiger partial charge is 0.362 e. The first-order valence-corrected chi connectivity index (χ1v) is 5.30. The van der Waals surface area contributed by atoms with Gasteiger partial charge in [0.15, 0.2) is 0 Å². The number of aryl methyl sites for hydroxylation is 1. The Morgan fingerprint density at radius 1 is 1.33 bits per heavy atom. The Kier molecular flexibility index (Phi) is 4.72. The molecule has 0 atom stereocenters. The molecule has 0 saturated carbocycles. The lowest BCUT2D eigenvalue weighted by Crippen LogP contribution is -2.24. The average Bonchev–Trinajstić information content (AvgIpc) is 2.23. The van der Waals surface area contributed by atoms with Gasteiger partial charge in [0, 0.05) is 5.69 Å². The van der Waals surface area contributed by atoms with Crippen molar-refractivity contribution in [3.05, 3.63) is 29.3 Å². The standard InChI is InChI=1S/C12H14F3NO2/c1-8-4-3-5-10(9(8)2)16-11(17)6-18-7-12(13,14)15/h3-5H,6-7H2,1-2H3,(H,16,17). The van der Waals surface area contributed by atoms with Crippen LogP contribution in [-0.2, 0) is 9.53 Å². The summed E-state index contributed by atoms with van der Waals surface area (Å²) in [6.45, 7) is 1.66. The molecule has 0 bridgehead atoms. The first-order valence-electron chi connectivity index (χ1n) is 5.30. The third-order valence-electron chi connectivity index (χ3n) is 2.38. The van der Waals surface area contributed by atoms with Gasteiger partial charge in [-0.2, -0.15) is 13.2 Å². The Bertz CT molecular complexity index is 430. The summed E-state index contributed by atoms with van der Waals surface area (Å²) < 4.78 is 39.6. The van der Waals surface area contributed by atoms with Gasteiger partial charge in [-0.25, -0.2) is 0 Å². The van der Waals surface area contributed by atoms with E-state index in [1.807, 2.05) is 19.9 Å². The van der Waals surface area contributed by atoms with Gasteiger partial charge in [-0.05, 0) is 31.0 Å². The number of nitrogens with one attached hydrogen (secondary N) is 1. The minimum absolute atomic E-state index is 0.579. The van der Waals surface area contributed by atoms with Crippen LogP contribution in [0, 0.1) is 13.8 Å². The molecule has 100 valence electrons. The monoisotopic (exact) mass is 261 g/mol. The van der Waals surface area contributed by atoms with E-state index in [0.717, 1.165) is 11.1 Å². The molecule has 0 aliphatic carbocycles. The number of rotatable bonds is 4. The van der Waals surface area contributed by atoms with Gasteiger partial charge < -0.3 is 10.1 Å². The van der Waals surface area contributed by atoms with E-state index in [-0.39, 0.29) is 0 Å². The molecule has 18 heavy (non-hydrogen) atoms. The fourth-order valence-corrected chi connectivity index (χ4v) is 1.33. The number of amides is 1. The summed E-state index contributed by atoms with van der Waals surface area (Å²) in [4.78, 5) is 11.4. The predicted molar refractivity (Wildman–Crippen MR) is 61.4 cm³/mol. The van der Waals surface area contributed by atoms with Gasteiger partial charge in [-0.1, -0.05) is 12.1 Å². The van der Waals surface area contributed by atoms with E-state index in [0.29, 0.717) is 5.69 Å². The minimum atomic E-state index is -4.42. The number of hydrogen-bond donors (Lipinski definition) is 1. The summed E-state index contributed by atoms with van der Waals surface area (Å²) in [6.07, 6.45) is -4.42. The highest BCUT2D eigenvalue weighted by atomic mass is 19.4. The number of carbonyl (C=O) groups is 1. The minimum Gasteiger partial charge on any atom is -0.362 e. The van der Waals surface area contributed by atoms with Crippen molar-refractivity contribution in [3.63, 3.8) is 0 Å². The summed E-state index contributed by atoms with van der Waals surface area (Å²) in [5.41, 5.74) is 2.45. The van der Waals surface area contributed by atoms with Crippen molar-refractivity contribution in [2.24, 2.45) is 0 Å². The molecular weight excluding hydrogens is 247 g/mol. The van der Waals surface area contributed by atoms with E-state index in [4.69, 9.17) is 0 Å². The molecule has 1 aromatic carbocycles. The molecule has 0 spiro atoms. The molecule has 0 aromatic heterocycles. The van der Waals surface area contributed by atoms with Crippen molar-refractivity contribution in [3.8, 4) is 0 Å². The van der Waals surface area contributed by atoms with Crippen LogP contribution in [0.15, 0.2) is 18.2 Å². The maximum absolute atomic E-state index is 11.8. The molecule has 0 radical (unpaired) electrons. The molecule has 3 nitrogen and oxygen atoms in total. The fourth-order valence-electron chi connectivity index (χ4n) is 1.33. The molecule has 1 rings (SSSR count). The number of benzene rings is 1. The lowest BCUT2D eigenvalue weighted by molar-refractivity contribution is -0.174. The van der Waals surface area contributed by atoms with E-state index >= 15 is 0 Å². The number of alkyl halides is 3. The Morgan fingerprint density at radius 2 is 2.00 bits per heavy atom. The van der Waals surface area contributed by atoms with Crippen LogP contribution in [0.3, 0.4) is 0 Å². The second-order valence-corrected chi connectivity index (χ2v) is 3.90. The van der Waals surface area contributed by atoms with Crippen molar-refractivity contribution in [1.29, 1.82) is 0 Å². The first kappa shape index (κ1) is 14.5. The zero-order chi connectivity index (χ0) is 13.8. The molecule has 1 N–H and O–H groups in total. The normalized spacial score (nSPS) is 11.4. The highest BCUT2D eigenvalue weighted by Gasteiger charge is 2.27. The summed E-state index contributed by atoms with van der Waals surface area (Å²) >= 11 is 0. The van der Waals surface area contributed by atoms with Gasteiger partial charge in [-0.15, -0.1) is 0 Å². The highest BCUT2D eigenvalue weighted by molar-refractivity contribution is 5.92. The van der Waals surface area contributed by atoms with Crippen LogP contribution >= 0.6 is 0 Å². The Morgan fingerprint density at radius 3 is 2.61 bits per heavy atom. The Hall–Kier alpha value is -1.56. The third-order valence-corrected chi connectivity index (χ3v) is 2.38. The van der Waals surface area contributed by atoms with Gasteiger partial charge in [-0.3, -0.25) is 4.79 Å². The van der Waals surface area contributed by atoms with Crippen molar-refractivity contribution >= 4 is 11.6 Å². The van der Waals surface area contributed by atoms with Gasteiger partial charge in [0.05, 0.1) is 0 Å². The molecular formula is C12H14F3NO2. The van der Waals surface area contributed by atoms with E-state index in [1.54, 1.807) is 12.1 Å². The van der Waals surface area contributed by atoms with Crippen LogP contribution in [0.5, 0.6) is 0 Å². The molecule has 1 amide bonds. The quantitative estimate of drug-likeness (QED) is 0.905. The lowest BCUT2D eigenvalue weighted by atomic mass is 10.1. The topological polar surface area (TPSA) is 38.3 Å². The summed E-state index contributed by atoms with van der Waals surface area (Å²) in [5, 5.41) is 2.51. The maximum atomic E-state index is 11.8. The van der Waals surface area contributed by atoms with Gasteiger partial charge in [0.1, 0.15) is 13.2 Å². The average molecular weight is 261 g/mol. The summed E-state index contributed by atoms with van der Waals surface area (Å²) in [5.74, 6) is -0.604. The fraction of sp³-hybridized carbons (Fsp3) is 0.417. The van der Waals surface area contributed by atoms with Crippen LogP contribution in [0.2, 0.25) is 0 Å². The van der Waals surface area contributed by atoms with E-state index in [9.17, 15) is 18.0 Å². The number of ether oxygens (including phenoxy) is 1. The molecule has 0 fully saturated rings. The van der Waals surface area contributed by atoms with Gasteiger partial charge in [0.2, 0.25) is 5.91 Å². The predicted octanol–water partition coefficient (Wildman–Crippen LogP) is 2.82. The number of carbonyl (C=O) groups excluding carboxylic acids is 1. The largest absolute Gasteiger partial charge is 0.411 e. The highest BCUT2D eigenvalue weighted by Crippen LogP contribution is 2.18. The number of halogens is 3. The second kappa shape index (κ2) is 5.86. The zero-order valence-electron chi connectivity index (χ0n) is 10.1. The number of anilines is 1. The van der Waals surface area contributed by atoms with Crippen molar-refractivity contribution in [1.82, 2.24) is 0 Å². The second-order valence-electron chi connectivity index (χ2n) is 3.90. The summed E-state index contributed by atoms with van der Waals surface area (Å²) in [6, 6.07) is 5.32. The zero-order valence-corrected chi connectivity index (χ0v) is 10.1. The number of hydrogen-bond acceptors (Lipinski definition) is 2. The molecule has 0 aliphatic heterocycles. The molecule has 0 saturated heterocycles. The van der Waals surface area contributed by atoms with Crippen LogP contribution in [-0.4, -0.2) is 25.3 Å². The van der Waals surface area contributed by atoms with Gasteiger partial charge >= 0.3 is 6.18 Å². The van der Waals surface area contributed by atoms with E-state index in [1.165, 1.54) is 0 Å². The Labute approximate surface area is 103 Å².